The largest absolute Gasteiger partial charge is 0.496 e. The average molecular weight is 426 g/mol. The molecule has 0 bridgehead atoms. The maximum Gasteiger partial charge on any atom is 0.329 e. The van der Waals surface area contributed by atoms with Gasteiger partial charge in [-0.25, -0.2) is 5.43 Å². The van der Waals surface area contributed by atoms with E-state index < -0.39 is 11.8 Å². The van der Waals surface area contributed by atoms with Gasteiger partial charge < -0.3 is 10.1 Å². The molecule has 136 valence electrons. The molecule has 0 aromatic heterocycles. The van der Waals surface area contributed by atoms with Crippen molar-refractivity contribution >= 4 is 50.4 Å². The standard InChI is InChI=1S/C20H16BrN3O3/c1-27-18-10-9-15(21)11-14(18)12-22-24-20(26)19(25)23-17-8-4-6-13-5-2-3-7-16(13)17/h2-12H,1H3,(H,23,25)(H,24,26)/b22-12-. The molecule has 3 rings (SSSR count). The van der Waals surface area contributed by atoms with Crippen LogP contribution in [0.1, 0.15) is 5.56 Å². The Hall–Kier alpha value is -3.19. The fraction of sp³-hybridized carbons (Fsp3) is 0.0500. The molecular formula is C20H16BrN3O3. The van der Waals surface area contributed by atoms with E-state index in [2.05, 4.69) is 31.8 Å². The number of carbonyl (C=O) groups excluding carboxylic acids is 2. The number of fused-ring (bicyclic) bond motifs is 1. The van der Waals surface area contributed by atoms with Gasteiger partial charge in [0.05, 0.1) is 13.3 Å². The SMILES string of the molecule is COc1ccc(Br)cc1/C=N\NC(=O)C(=O)Nc1cccc2ccccc12. The monoisotopic (exact) mass is 425 g/mol. The zero-order valence-electron chi connectivity index (χ0n) is 14.4. The molecule has 0 aliphatic carbocycles. The summed E-state index contributed by atoms with van der Waals surface area (Å²) in [5, 5.41) is 8.26. The van der Waals surface area contributed by atoms with Gasteiger partial charge in [0.25, 0.3) is 0 Å². The molecule has 0 heterocycles. The summed E-state index contributed by atoms with van der Waals surface area (Å²) in [5.41, 5.74) is 3.43. The Morgan fingerprint density at radius 3 is 2.63 bits per heavy atom. The highest BCUT2D eigenvalue weighted by atomic mass is 79.9. The van der Waals surface area contributed by atoms with Crippen molar-refractivity contribution < 1.29 is 14.3 Å². The number of hydrazone groups is 1. The summed E-state index contributed by atoms with van der Waals surface area (Å²) in [6.07, 6.45) is 1.41. The summed E-state index contributed by atoms with van der Waals surface area (Å²) in [7, 11) is 1.54. The van der Waals surface area contributed by atoms with Gasteiger partial charge in [-0.3, -0.25) is 9.59 Å². The number of nitrogens with one attached hydrogen (secondary N) is 2. The molecule has 0 saturated carbocycles. The number of anilines is 1. The van der Waals surface area contributed by atoms with Gasteiger partial charge in [-0.15, -0.1) is 0 Å². The number of halogens is 1. The molecule has 7 heteroatoms. The number of hydrogen-bond donors (Lipinski definition) is 2. The number of benzene rings is 3. The van der Waals surface area contributed by atoms with Gasteiger partial charge in [-0.05, 0) is 29.7 Å². The quantitative estimate of drug-likeness (QED) is 0.379. The fourth-order valence-electron chi connectivity index (χ4n) is 2.53. The molecular weight excluding hydrogens is 410 g/mol. The Kier molecular flexibility index (Phi) is 5.83. The van der Waals surface area contributed by atoms with E-state index in [1.54, 1.807) is 18.2 Å². The van der Waals surface area contributed by atoms with Crippen LogP contribution in [0.15, 0.2) is 70.2 Å². The lowest BCUT2D eigenvalue weighted by atomic mass is 10.1. The third-order valence-electron chi connectivity index (χ3n) is 3.81. The normalized spacial score (nSPS) is 10.7. The van der Waals surface area contributed by atoms with Gasteiger partial charge in [-0.2, -0.15) is 5.10 Å². The van der Waals surface area contributed by atoms with Crippen molar-refractivity contribution in [3.05, 3.63) is 70.7 Å². The van der Waals surface area contributed by atoms with Crippen molar-refractivity contribution in [3.8, 4) is 5.75 Å². The van der Waals surface area contributed by atoms with E-state index in [0.29, 0.717) is 17.0 Å². The fourth-order valence-corrected chi connectivity index (χ4v) is 2.91. The molecule has 0 radical (unpaired) electrons. The van der Waals surface area contributed by atoms with E-state index in [9.17, 15) is 9.59 Å². The number of hydrogen-bond acceptors (Lipinski definition) is 4. The van der Waals surface area contributed by atoms with Crippen LogP contribution in [-0.2, 0) is 9.59 Å². The first kappa shape index (κ1) is 18.6. The van der Waals surface area contributed by atoms with E-state index >= 15 is 0 Å². The van der Waals surface area contributed by atoms with Crippen molar-refractivity contribution in [2.24, 2.45) is 5.10 Å². The minimum Gasteiger partial charge on any atom is -0.496 e. The first-order chi connectivity index (χ1) is 13.1. The number of nitrogens with zero attached hydrogens (tertiary/aromatic N) is 1. The summed E-state index contributed by atoms with van der Waals surface area (Å²) < 4.78 is 6.06. The van der Waals surface area contributed by atoms with E-state index in [0.717, 1.165) is 15.2 Å². The maximum absolute atomic E-state index is 12.1. The zero-order chi connectivity index (χ0) is 19.2. The highest BCUT2D eigenvalue weighted by molar-refractivity contribution is 9.10. The highest BCUT2D eigenvalue weighted by Crippen LogP contribution is 2.23. The van der Waals surface area contributed by atoms with Gasteiger partial charge >= 0.3 is 11.8 Å². The van der Waals surface area contributed by atoms with Crippen molar-refractivity contribution in [3.63, 3.8) is 0 Å². The molecule has 0 spiro atoms. The Balaban J connectivity index is 1.68. The summed E-state index contributed by atoms with van der Waals surface area (Å²) in [6.45, 7) is 0. The Bertz CT molecular complexity index is 1030. The molecule has 0 aliphatic heterocycles. The zero-order valence-corrected chi connectivity index (χ0v) is 16.0. The average Bonchev–Trinajstić information content (AvgIpc) is 2.68. The van der Waals surface area contributed by atoms with Crippen molar-refractivity contribution in [2.45, 2.75) is 0 Å². The van der Waals surface area contributed by atoms with E-state index in [1.165, 1.54) is 13.3 Å². The predicted octanol–water partition coefficient (Wildman–Crippen LogP) is 3.70. The Morgan fingerprint density at radius 1 is 1.04 bits per heavy atom. The molecule has 0 saturated heterocycles. The maximum atomic E-state index is 12.1. The molecule has 3 aromatic carbocycles. The molecule has 6 nitrogen and oxygen atoms in total. The van der Waals surface area contributed by atoms with Crippen LogP contribution >= 0.6 is 15.9 Å². The highest BCUT2D eigenvalue weighted by Gasteiger charge is 2.14. The number of carbonyl (C=O) groups is 2. The molecule has 3 aromatic rings. The summed E-state index contributed by atoms with van der Waals surface area (Å²) >= 11 is 3.36. The van der Waals surface area contributed by atoms with E-state index in [4.69, 9.17) is 4.74 Å². The number of ether oxygens (including phenoxy) is 1. The van der Waals surface area contributed by atoms with Crippen LogP contribution < -0.4 is 15.5 Å². The number of rotatable bonds is 4. The Morgan fingerprint density at radius 2 is 1.81 bits per heavy atom. The smallest absolute Gasteiger partial charge is 0.329 e. The second-order valence-corrected chi connectivity index (χ2v) is 6.48. The molecule has 0 unspecified atom stereocenters. The van der Waals surface area contributed by atoms with Crippen LogP contribution in [0.3, 0.4) is 0 Å². The molecule has 27 heavy (non-hydrogen) atoms. The first-order valence-electron chi connectivity index (χ1n) is 8.04. The van der Waals surface area contributed by atoms with Crippen LogP contribution in [0, 0.1) is 0 Å². The first-order valence-corrected chi connectivity index (χ1v) is 8.83. The van der Waals surface area contributed by atoms with Crippen LogP contribution in [0.5, 0.6) is 5.75 Å². The van der Waals surface area contributed by atoms with Gasteiger partial charge in [0.2, 0.25) is 0 Å². The third-order valence-corrected chi connectivity index (χ3v) is 4.30. The summed E-state index contributed by atoms with van der Waals surface area (Å²) in [4.78, 5) is 24.2. The number of amides is 2. The van der Waals surface area contributed by atoms with E-state index in [1.807, 2.05) is 42.5 Å². The minimum atomic E-state index is -0.867. The number of methoxy groups -OCH3 is 1. The molecule has 0 atom stereocenters. The van der Waals surface area contributed by atoms with Gasteiger partial charge in [0.1, 0.15) is 5.75 Å². The van der Waals surface area contributed by atoms with Crippen molar-refractivity contribution in [1.29, 1.82) is 0 Å². The lowest BCUT2D eigenvalue weighted by molar-refractivity contribution is -0.136. The lowest BCUT2D eigenvalue weighted by Gasteiger charge is -2.08. The predicted molar refractivity (Wildman–Crippen MR) is 109 cm³/mol. The Labute approximate surface area is 164 Å². The van der Waals surface area contributed by atoms with Gasteiger partial charge in [0.15, 0.2) is 0 Å². The van der Waals surface area contributed by atoms with Gasteiger partial charge in [0, 0.05) is 21.1 Å². The second-order valence-electron chi connectivity index (χ2n) is 5.57. The summed E-state index contributed by atoms with van der Waals surface area (Å²) in [5.74, 6) is -1.07. The second kappa shape index (κ2) is 8.46. The van der Waals surface area contributed by atoms with E-state index in [-0.39, 0.29) is 0 Å². The van der Waals surface area contributed by atoms with Crippen molar-refractivity contribution in [2.75, 3.05) is 12.4 Å². The van der Waals surface area contributed by atoms with Crippen LogP contribution in [0.4, 0.5) is 5.69 Å². The third kappa shape index (κ3) is 4.51. The van der Waals surface area contributed by atoms with Crippen molar-refractivity contribution in [1.82, 2.24) is 5.43 Å². The minimum absolute atomic E-state index is 0.561. The lowest BCUT2D eigenvalue weighted by Crippen LogP contribution is -2.32. The topological polar surface area (TPSA) is 79.8 Å². The van der Waals surface area contributed by atoms with Crippen LogP contribution in [0.2, 0.25) is 0 Å². The summed E-state index contributed by atoms with van der Waals surface area (Å²) in [6, 6.07) is 18.4. The molecule has 2 N–H and O–H groups in total. The molecule has 0 aliphatic rings. The molecule has 2 amide bonds. The molecule has 0 fully saturated rings. The van der Waals surface area contributed by atoms with Gasteiger partial charge in [-0.1, -0.05) is 52.3 Å². The van der Waals surface area contributed by atoms with Crippen LogP contribution in [-0.4, -0.2) is 25.1 Å². The van der Waals surface area contributed by atoms with Crippen LogP contribution in [0.25, 0.3) is 10.8 Å².